The number of carbonyl (C=O) groups is 1. The van der Waals surface area contributed by atoms with Gasteiger partial charge in [-0.05, 0) is 42.7 Å². The van der Waals surface area contributed by atoms with Crippen LogP contribution in [0.2, 0.25) is 0 Å². The molecule has 0 fully saturated rings. The molecule has 0 aliphatic rings. The number of thioether (sulfide) groups is 1. The van der Waals surface area contributed by atoms with Crippen LogP contribution in [0.15, 0.2) is 67.0 Å². The number of pyridine rings is 2. The Bertz CT molecular complexity index is 1160. The molecule has 0 saturated carbocycles. The molecular formula is C22H21N5OS. The Morgan fingerprint density at radius 1 is 1.17 bits per heavy atom. The first-order valence-electron chi connectivity index (χ1n) is 9.37. The number of nitrogens with zero attached hydrogens (tertiary/aromatic N) is 4. The van der Waals surface area contributed by atoms with E-state index >= 15 is 0 Å². The second-order valence-electron chi connectivity index (χ2n) is 6.59. The topological polar surface area (TPSA) is 72.2 Å². The van der Waals surface area contributed by atoms with Crippen LogP contribution < -0.4 is 5.32 Å². The Labute approximate surface area is 173 Å². The van der Waals surface area contributed by atoms with E-state index in [1.165, 1.54) is 0 Å². The summed E-state index contributed by atoms with van der Waals surface area (Å²) in [6.07, 6.45) is 9.85. The molecule has 3 aromatic heterocycles. The van der Waals surface area contributed by atoms with Gasteiger partial charge in [0.05, 0.1) is 11.6 Å². The molecule has 29 heavy (non-hydrogen) atoms. The first-order chi connectivity index (χ1) is 14.3. The van der Waals surface area contributed by atoms with Gasteiger partial charge in [-0.25, -0.2) is 0 Å². The third-order valence-corrected chi connectivity index (χ3v) is 5.30. The lowest BCUT2D eigenvalue weighted by Crippen LogP contribution is -2.29. The van der Waals surface area contributed by atoms with Crippen molar-refractivity contribution in [3.8, 4) is 0 Å². The van der Waals surface area contributed by atoms with Crippen LogP contribution in [0.1, 0.15) is 23.9 Å². The first-order valence-corrected chi connectivity index (χ1v) is 10.8. The highest BCUT2D eigenvalue weighted by molar-refractivity contribution is 7.98. The summed E-state index contributed by atoms with van der Waals surface area (Å²) in [6.45, 7) is 0. The maximum Gasteiger partial charge on any atom is 0.244 e. The minimum atomic E-state index is -0.220. The third-order valence-electron chi connectivity index (χ3n) is 4.66. The number of amides is 1. The number of hydrogen-bond acceptors (Lipinski definition) is 5. The molecule has 6 nitrogen and oxygen atoms in total. The van der Waals surface area contributed by atoms with Gasteiger partial charge >= 0.3 is 0 Å². The van der Waals surface area contributed by atoms with Gasteiger partial charge in [0.25, 0.3) is 0 Å². The van der Waals surface area contributed by atoms with Crippen LogP contribution in [-0.2, 0) is 4.79 Å². The minimum absolute atomic E-state index is 0.170. The van der Waals surface area contributed by atoms with E-state index in [4.69, 9.17) is 0 Å². The summed E-state index contributed by atoms with van der Waals surface area (Å²) in [5.74, 6) is 1.48. The van der Waals surface area contributed by atoms with Crippen LogP contribution in [0.4, 0.5) is 0 Å². The molecular weight excluding hydrogens is 382 g/mol. The molecule has 0 radical (unpaired) electrons. The average molecular weight is 404 g/mol. The van der Waals surface area contributed by atoms with Crippen molar-refractivity contribution in [2.45, 2.75) is 12.5 Å². The van der Waals surface area contributed by atoms with E-state index in [0.29, 0.717) is 0 Å². The van der Waals surface area contributed by atoms with Crippen LogP contribution in [0, 0.1) is 0 Å². The number of nitrogens with one attached hydrogen (secondary N) is 1. The maximum absolute atomic E-state index is 12.7. The smallest absolute Gasteiger partial charge is 0.244 e. The molecule has 1 atom stereocenters. The van der Waals surface area contributed by atoms with E-state index in [2.05, 4.69) is 20.5 Å². The number of fused-ring (bicyclic) bond motifs is 2. The number of rotatable bonds is 7. The molecule has 1 amide bonds. The van der Waals surface area contributed by atoms with Gasteiger partial charge in [0, 0.05) is 29.4 Å². The van der Waals surface area contributed by atoms with Gasteiger partial charge in [-0.2, -0.15) is 11.8 Å². The van der Waals surface area contributed by atoms with Crippen LogP contribution in [0.5, 0.6) is 0 Å². The molecule has 1 aromatic carbocycles. The standard InChI is InChI=1S/C22H21N5OS/c1-29-15-12-18(22-26-25-19-9-2-3-14-27(19)22)24-20(28)11-10-17-7-4-6-16-8-5-13-23-21(16)17/h2-11,13-14,18H,12,15H2,1H3,(H,24,28)/b11-10+. The molecule has 4 aromatic rings. The fraction of sp³-hybridized carbons (Fsp3) is 0.182. The Morgan fingerprint density at radius 3 is 2.97 bits per heavy atom. The summed E-state index contributed by atoms with van der Waals surface area (Å²) in [6, 6.07) is 15.4. The van der Waals surface area contributed by atoms with E-state index in [0.717, 1.165) is 40.1 Å². The van der Waals surface area contributed by atoms with E-state index in [1.807, 2.05) is 65.4 Å². The number of benzene rings is 1. The van der Waals surface area contributed by atoms with Crippen LogP contribution in [0.3, 0.4) is 0 Å². The lowest BCUT2D eigenvalue weighted by Gasteiger charge is -2.16. The predicted molar refractivity (Wildman–Crippen MR) is 118 cm³/mol. The Kier molecular flexibility index (Phi) is 5.86. The van der Waals surface area contributed by atoms with E-state index in [9.17, 15) is 4.79 Å². The van der Waals surface area contributed by atoms with Crippen molar-refractivity contribution in [1.82, 2.24) is 24.9 Å². The molecule has 0 aliphatic heterocycles. The van der Waals surface area contributed by atoms with Crippen molar-refractivity contribution in [1.29, 1.82) is 0 Å². The first kappa shape index (κ1) is 19.1. The Balaban J connectivity index is 1.56. The molecule has 0 bridgehead atoms. The molecule has 0 aliphatic carbocycles. The van der Waals surface area contributed by atoms with Gasteiger partial charge in [-0.15, -0.1) is 10.2 Å². The van der Waals surface area contributed by atoms with Crippen LogP contribution >= 0.6 is 11.8 Å². The fourth-order valence-corrected chi connectivity index (χ4v) is 3.72. The van der Waals surface area contributed by atoms with Gasteiger partial charge in [0.1, 0.15) is 0 Å². The van der Waals surface area contributed by atoms with E-state index < -0.39 is 0 Å². The highest BCUT2D eigenvalue weighted by Gasteiger charge is 2.19. The zero-order valence-electron chi connectivity index (χ0n) is 16.0. The zero-order valence-corrected chi connectivity index (χ0v) is 16.8. The monoisotopic (exact) mass is 403 g/mol. The number of carbonyl (C=O) groups excluding carboxylic acids is 1. The van der Waals surface area contributed by atoms with E-state index in [1.54, 1.807) is 30.1 Å². The number of hydrogen-bond donors (Lipinski definition) is 1. The van der Waals surface area contributed by atoms with Gasteiger partial charge in [0.2, 0.25) is 5.91 Å². The summed E-state index contributed by atoms with van der Waals surface area (Å²) in [7, 11) is 0. The van der Waals surface area contributed by atoms with Crippen molar-refractivity contribution >= 4 is 40.3 Å². The highest BCUT2D eigenvalue weighted by atomic mass is 32.2. The predicted octanol–water partition coefficient (Wildman–Crippen LogP) is 3.90. The van der Waals surface area contributed by atoms with Gasteiger partial charge in [-0.1, -0.05) is 30.3 Å². The van der Waals surface area contributed by atoms with Gasteiger partial charge in [-0.3, -0.25) is 14.2 Å². The summed E-state index contributed by atoms with van der Waals surface area (Å²) in [4.78, 5) is 17.1. The summed E-state index contributed by atoms with van der Waals surface area (Å²) in [5.41, 5.74) is 2.55. The van der Waals surface area contributed by atoms with Gasteiger partial charge in [0.15, 0.2) is 11.5 Å². The Morgan fingerprint density at radius 2 is 2.07 bits per heavy atom. The van der Waals surface area contributed by atoms with Crippen molar-refractivity contribution in [3.63, 3.8) is 0 Å². The molecule has 1 unspecified atom stereocenters. The fourth-order valence-electron chi connectivity index (χ4n) is 3.25. The van der Waals surface area contributed by atoms with Crippen molar-refractivity contribution in [2.75, 3.05) is 12.0 Å². The molecule has 0 saturated heterocycles. The molecule has 3 heterocycles. The lowest BCUT2D eigenvalue weighted by atomic mass is 10.1. The lowest BCUT2D eigenvalue weighted by molar-refractivity contribution is -0.117. The average Bonchev–Trinajstić information content (AvgIpc) is 3.19. The summed E-state index contributed by atoms with van der Waals surface area (Å²) >= 11 is 1.74. The van der Waals surface area contributed by atoms with Gasteiger partial charge < -0.3 is 5.32 Å². The second-order valence-corrected chi connectivity index (χ2v) is 7.57. The van der Waals surface area contributed by atoms with Crippen molar-refractivity contribution in [2.24, 2.45) is 0 Å². The summed E-state index contributed by atoms with van der Waals surface area (Å²) < 4.78 is 1.92. The molecule has 1 N–H and O–H groups in total. The van der Waals surface area contributed by atoms with Crippen LogP contribution in [0.25, 0.3) is 22.6 Å². The second kappa shape index (κ2) is 8.87. The zero-order chi connectivity index (χ0) is 20.1. The SMILES string of the molecule is CSCCC(NC(=O)/C=C/c1cccc2cccnc12)c1nnc2ccccn12. The molecule has 7 heteroatoms. The van der Waals surface area contributed by atoms with Crippen molar-refractivity contribution < 1.29 is 4.79 Å². The molecule has 0 spiro atoms. The summed E-state index contributed by atoms with van der Waals surface area (Å²) in [5, 5.41) is 12.7. The normalized spacial score (nSPS) is 12.6. The van der Waals surface area contributed by atoms with Crippen molar-refractivity contribution in [3.05, 3.63) is 78.4 Å². The Hall–Kier alpha value is -3.19. The molecule has 4 rings (SSSR count). The number of para-hydroxylation sites is 1. The quantitative estimate of drug-likeness (QED) is 0.474. The minimum Gasteiger partial charge on any atom is -0.342 e. The maximum atomic E-state index is 12.7. The van der Waals surface area contributed by atoms with Crippen LogP contribution in [-0.4, -0.2) is 37.5 Å². The molecule has 146 valence electrons. The van der Waals surface area contributed by atoms with E-state index in [-0.39, 0.29) is 11.9 Å². The third kappa shape index (κ3) is 4.30. The largest absolute Gasteiger partial charge is 0.342 e. The highest BCUT2D eigenvalue weighted by Crippen LogP contribution is 2.19. The number of aromatic nitrogens is 4.